The van der Waals surface area contributed by atoms with E-state index in [1.807, 2.05) is 12.1 Å². The Morgan fingerprint density at radius 2 is 1.54 bits per heavy atom. The van der Waals surface area contributed by atoms with E-state index in [2.05, 4.69) is 10.0 Å². The first-order valence-corrected chi connectivity index (χ1v) is 12.7. The lowest BCUT2D eigenvalue weighted by atomic mass is 9.96. The average molecular weight is 495 g/mol. The summed E-state index contributed by atoms with van der Waals surface area (Å²) in [5.74, 6) is -0.217. The molecule has 35 heavy (non-hydrogen) atoms. The molecule has 0 unspecified atom stereocenters. The largest absolute Gasteiger partial charge is 0.484 e. The van der Waals surface area contributed by atoms with E-state index in [0.717, 1.165) is 18.4 Å². The molecule has 1 aliphatic rings. The van der Waals surface area contributed by atoms with E-state index in [4.69, 9.17) is 9.47 Å². The number of hydrogen-bond donors (Lipinski definition) is 2. The van der Waals surface area contributed by atoms with Gasteiger partial charge in [0.2, 0.25) is 0 Å². The van der Waals surface area contributed by atoms with Crippen LogP contribution in [0.1, 0.15) is 25.3 Å². The van der Waals surface area contributed by atoms with Gasteiger partial charge in [0, 0.05) is 11.4 Å². The minimum absolute atomic E-state index is 0.0782. The number of nitrogens with one attached hydrogen (secondary N) is 2. The number of carbonyl (C=O) groups excluding carboxylic acids is 2. The van der Waals surface area contributed by atoms with Crippen molar-refractivity contribution in [3.63, 3.8) is 0 Å². The number of ether oxygens (including phenoxy) is 2. The van der Waals surface area contributed by atoms with Gasteiger partial charge in [0.15, 0.2) is 6.61 Å². The van der Waals surface area contributed by atoms with Gasteiger partial charge in [0.1, 0.15) is 5.75 Å². The Kier molecular flexibility index (Phi) is 7.07. The Bertz CT molecular complexity index is 1290. The second-order valence-electron chi connectivity index (χ2n) is 8.16. The molecule has 0 aromatic heterocycles. The van der Waals surface area contributed by atoms with E-state index in [-0.39, 0.29) is 23.4 Å². The Balaban J connectivity index is 1.29. The van der Waals surface area contributed by atoms with Gasteiger partial charge in [0.05, 0.1) is 16.9 Å². The van der Waals surface area contributed by atoms with Crippen LogP contribution in [0.3, 0.4) is 0 Å². The Morgan fingerprint density at radius 3 is 2.14 bits per heavy atom. The molecule has 0 saturated heterocycles. The highest BCUT2D eigenvalue weighted by atomic mass is 32.2. The van der Waals surface area contributed by atoms with Crippen LogP contribution in [-0.2, 0) is 29.8 Å². The second-order valence-corrected chi connectivity index (χ2v) is 9.84. The second kappa shape index (κ2) is 10.2. The van der Waals surface area contributed by atoms with E-state index < -0.39 is 15.4 Å². The monoisotopic (exact) mass is 494 g/mol. The van der Waals surface area contributed by atoms with E-state index in [1.54, 1.807) is 49.4 Å². The summed E-state index contributed by atoms with van der Waals surface area (Å²) in [5, 5.41) is 2.74. The van der Waals surface area contributed by atoms with Crippen molar-refractivity contribution < 1.29 is 27.5 Å². The molecule has 0 radical (unpaired) electrons. The highest BCUT2D eigenvalue weighted by Crippen LogP contribution is 2.49. The Labute approximate surface area is 204 Å². The standard InChI is InChI=1S/C26H26N2O6S/c1-2-33-25(30)26(16-17-26)19-8-10-20(11-9-19)27-24(29)18-34-22-12-14-23(15-13-22)35(31,32)28-21-6-4-3-5-7-21/h3-15,28H,2,16-18H2,1H3,(H,27,29). The van der Waals surface area contributed by atoms with Crippen molar-refractivity contribution in [2.45, 2.75) is 30.1 Å². The fourth-order valence-corrected chi connectivity index (χ4v) is 4.72. The summed E-state index contributed by atoms with van der Waals surface area (Å²) in [5.41, 5.74) is 1.36. The molecule has 182 valence electrons. The predicted molar refractivity (Wildman–Crippen MR) is 132 cm³/mol. The van der Waals surface area contributed by atoms with Gasteiger partial charge in [0.25, 0.3) is 15.9 Å². The number of amides is 1. The zero-order chi connectivity index (χ0) is 24.9. The smallest absolute Gasteiger partial charge is 0.316 e. The Morgan fingerprint density at radius 1 is 0.886 bits per heavy atom. The van der Waals surface area contributed by atoms with E-state index in [1.165, 1.54) is 24.3 Å². The van der Waals surface area contributed by atoms with Crippen molar-refractivity contribution in [3.05, 3.63) is 84.4 Å². The molecule has 9 heteroatoms. The maximum absolute atomic E-state index is 12.5. The van der Waals surface area contributed by atoms with Crippen LogP contribution in [0.25, 0.3) is 0 Å². The third-order valence-corrected chi connectivity index (χ3v) is 7.06. The zero-order valence-electron chi connectivity index (χ0n) is 19.2. The van der Waals surface area contributed by atoms with Gasteiger partial charge in [-0.15, -0.1) is 0 Å². The van der Waals surface area contributed by atoms with Gasteiger partial charge in [-0.1, -0.05) is 30.3 Å². The summed E-state index contributed by atoms with van der Waals surface area (Å²) < 4.78 is 38.2. The summed E-state index contributed by atoms with van der Waals surface area (Å²) in [6.07, 6.45) is 1.52. The highest BCUT2D eigenvalue weighted by molar-refractivity contribution is 7.92. The van der Waals surface area contributed by atoms with Crippen LogP contribution in [-0.4, -0.2) is 33.5 Å². The highest BCUT2D eigenvalue weighted by Gasteiger charge is 2.52. The third-order valence-electron chi connectivity index (χ3n) is 5.67. The molecule has 3 aromatic rings. The summed E-state index contributed by atoms with van der Waals surface area (Å²) in [6, 6.07) is 21.5. The van der Waals surface area contributed by atoms with Gasteiger partial charge in [-0.05, 0) is 73.9 Å². The zero-order valence-corrected chi connectivity index (χ0v) is 20.0. The van der Waals surface area contributed by atoms with Crippen molar-refractivity contribution in [1.29, 1.82) is 0 Å². The number of benzene rings is 3. The maximum Gasteiger partial charge on any atom is 0.316 e. The molecule has 0 heterocycles. The van der Waals surface area contributed by atoms with E-state index in [0.29, 0.717) is 23.7 Å². The summed E-state index contributed by atoms with van der Waals surface area (Å²) in [6.45, 7) is 1.88. The lowest BCUT2D eigenvalue weighted by molar-refractivity contribution is -0.146. The molecular weight excluding hydrogens is 468 g/mol. The molecule has 1 amide bonds. The van der Waals surface area contributed by atoms with Crippen LogP contribution in [0, 0.1) is 0 Å². The molecule has 0 bridgehead atoms. The molecule has 4 rings (SSSR count). The van der Waals surface area contributed by atoms with E-state index in [9.17, 15) is 18.0 Å². The van der Waals surface area contributed by atoms with Gasteiger partial charge in [-0.3, -0.25) is 14.3 Å². The third kappa shape index (κ3) is 5.81. The van der Waals surface area contributed by atoms with Gasteiger partial charge < -0.3 is 14.8 Å². The summed E-state index contributed by atoms with van der Waals surface area (Å²) >= 11 is 0. The fourth-order valence-electron chi connectivity index (χ4n) is 3.66. The minimum atomic E-state index is -3.73. The number of hydrogen-bond acceptors (Lipinski definition) is 6. The Hall–Kier alpha value is -3.85. The number of esters is 1. The van der Waals surface area contributed by atoms with Crippen LogP contribution < -0.4 is 14.8 Å². The number of rotatable bonds is 10. The van der Waals surface area contributed by atoms with Crippen LogP contribution >= 0.6 is 0 Å². The molecule has 8 nitrogen and oxygen atoms in total. The first kappa shape index (κ1) is 24.3. The maximum atomic E-state index is 12.5. The molecule has 0 atom stereocenters. The number of anilines is 2. The summed E-state index contributed by atoms with van der Waals surface area (Å²) in [4.78, 5) is 24.6. The van der Waals surface area contributed by atoms with Crippen molar-refractivity contribution in [1.82, 2.24) is 0 Å². The first-order valence-electron chi connectivity index (χ1n) is 11.2. The lowest BCUT2D eigenvalue weighted by Gasteiger charge is -2.15. The molecule has 3 aromatic carbocycles. The SMILES string of the molecule is CCOC(=O)C1(c2ccc(NC(=O)COc3ccc(S(=O)(=O)Nc4ccccc4)cc3)cc2)CC1. The topological polar surface area (TPSA) is 111 Å². The lowest BCUT2D eigenvalue weighted by Crippen LogP contribution is -2.23. The molecule has 1 fully saturated rings. The van der Waals surface area contributed by atoms with Gasteiger partial charge in [-0.2, -0.15) is 0 Å². The molecule has 0 spiro atoms. The number of sulfonamides is 1. The molecule has 2 N–H and O–H groups in total. The van der Waals surface area contributed by atoms with Crippen LogP contribution in [0.5, 0.6) is 5.75 Å². The van der Waals surface area contributed by atoms with Crippen LogP contribution in [0.4, 0.5) is 11.4 Å². The molecular formula is C26H26N2O6S. The van der Waals surface area contributed by atoms with E-state index >= 15 is 0 Å². The quantitative estimate of drug-likeness (QED) is 0.411. The van der Waals surface area contributed by atoms with Crippen LogP contribution in [0.15, 0.2) is 83.8 Å². The van der Waals surface area contributed by atoms with Crippen molar-refractivity contribution in [2.75, 3.05) is 23.3 Å². The van der Waals surface area contributed by atoms with Crippen molar-refractivity contribution in [2.24, 2.45) is 0 Å². The predicted octanol–water partition coefficient (Wildman–Crippen LogP) is 4.10. The first-order chi connectivity index (χ1) is 16.8. The summed E-state index contributed by atoms with van der Waals surface area (Å²) in [7, 11) is -3.73. The number of carbonyl (C=O) groups is 2. The molecule has 1 saturated carbocycles. The molecule has 1 aliphatic carbocycles. The van der Waals surface area contributed by atoms with Crippen molar-refractivity contribution in [3.8, 4) is 5.75 Å². The van der Waals surface area contributed by atoms with Crippen LogP contribution in [0.2, 0.25) is 0 Å². The average Bonchev–Trinajstić information content (AvgIpc) is 3.66. The van der Waals surface area contributed by atoms with Gasteiger partial charge in [-0.25, -0.2) is 8.42 Å². The number of para-hydroxylation sites is 1. The molecule has 0 aliphatic heterocycles. The fraction of sp³-hybridized carbons (Fsp3) is 0.231. The van der Waals surface area contributed by atoms with Gasteiger partial charge >= 0.3 is 5.97 Å². The van der Waals surface area contributed by atoms with Crippen molar-refractivity contribution >= 4 is 33.3 Å². The minimum Gasteiger partial charge on any atom is -0.484 e. The normalized spacial score (nSPS) is 14.0.